The summed E-state index contributed by atoms with van der Waals surface area (Å²) in [5.41, 5.74) is 2.81. The Morgan fingerprint density at radius 2 is 1.81 bits per heavy atom. The van der Waals surface area contributed by atoms with Gasteiger partial charge in [-0.2, -0.15) is 0 Å². The number of rotatable bonds is 8. The van der Waals surface area contributed by atoms with E-state index in [2.05, 4.69) is 5.32 Å². The van der Waals surface area contributed by atoms with Crippen LogP contribution in [0.2, 0.25) is 0 Å². The molecular formula is C21H30N2O4. The Morgan fingerprint density at radius 1 is 1.11 bits per heavy atom. The fourth-order valence-electron chi connectivity index (χ4n) is 3.59. The summed E-state index contributed by atoms with van der Waals surface area (Å²) in [7, 11) is 0. The van der Waals surface area contributed by atoms with Crippen molar-refractivity contribution in [1.82, 2.24) is 10.2 Å². The highest BCUT2D eigenvalue weighted by Crippen LogP contribution is 2.20. The number of carbonyl (C=O) groups excluding carboxylic acids is 2. The number of aryl methyl sites for hydroxylation is 2. The topological polar surface area (TPSA) is 86.7 Å². The summed E-state index contributed by atoms with van der Waals surface area (Å²) in [6, 6.07) is 5.84. The van der Waals surface area contributed by atoms with E-state index in [4.69, 9.17) is 5.11 Å². The van der Waals surface area contributed by atoms with Crippen LogP contribution in [0.1, 0.15) is 60.0 Å². The number of carbonyl (C=O) groups is 3. The van der Waals surface area contributed by atoms with Crippen LogP contribution >= 0.6 is 0 Å². The average molecular weight is 374 g/mol. The zero-order valence-electron chi connectivity index (χ0n) is 16.3. The first kappa shape index (κ1) is 20.9. The minimum atomic E-state index is -0.783. The highest BCUT2D eigenvalue weighted by Gasteiger charge is 2.28. The number of aliphatic carboxylic acids is 1. The second kappa shape index (κ2) is 10.1. The van der Waals surface area contributed by atoms with Gasteiger partial charge in [0.1, 0.15) is 0 Å². The minimum absolute atomic E-state index is 0.00651. The largest absolute Gasteiger partial charge is 0.481 e. The molecule has 1 aromatic rings. The first-order chi connectivity index (χ1) is 12.9. The average Bonchev–Trinajstić information content (AvgIpc) is 2.62. The van der Waals surface area contributed by atoms with E-state index in [1.807, 2.05) is 32.0 Å². The lowest BCUT2D eigenvalue weighted by atomic mass is 9.96. The molecule has 1 fully saturated rings. The third-order valence-corrected chi connectivity index (χ3v) is 4.91. The number of carboxylic acid groups (broad SMARTS) is 1. The summed E-state index contributed by atoms with van der Waals surface area (Å²) in [5, 5.41) is 11.5. The van der Waals surface area contributed by atoms with Crippen LogP contribution in [0.3, 0.4) is 0 Å². The Hall–Kier alpha value is -2.37. The summed E-state index contributed by atoms with van der Waals surface area (Å²) in [6.45, 7) is 5.65. The van der Waals surface area contributed by atoms with Gasteiger partial charge in [0.15, 0.2) is 0 Å². The number of benzene rings is 1. The summed E-state index contributed by atoms with van der Waals surface area (Å²) in [4.78, 5) is 37.5. The number of unbranched alkanes of at least 4 members (excludes halogenated alkanes) is 2. The van der Waals surface area contributed by atoms with Gasteiger partial charge in [0, 0.05) is 31.6 Å². The molecule has 0 aliphatic carbocycles. The maximum absolute atomic E-state index is 12.8. The van der Waals surface area contributed by atoms with Gasteiger partial charge in [-0.3, -0.25) is 14.4 Å². The van der Waals surface area contributed by atoms with Gasteiger partial charge in [0.2, 0.25) is 5.91 Å². The van der Waals surface area contributed by atoms with Crippen molar-refractivity contribution in [2.24, 2.45) is 5.92 Å². The molecule has 1 heterocycles. The second-order valence-electron chi connectivity index (χ2n) is 7.46. The van der Waals surface area contributed by atoms with Crippen LogP contribution in [0.4, 0.5) is 0 Å². The Labute approximate surface area is 160 Å². The maximum Gasteiger partial charge on any atom is 0.303 e. The van der Waals surface area contributed by atoms with Crippen LogP contribution < -0.4 is 5.32 Å². The predicted molar refractivity (Wildman–Crippen MR) is 104 cm³/mol. The zero-order chi connectivity index (χ0) is 19.8. The van der Waals surface area contributed by atoms with E-state index >= 15 is 0 Å². The summed E-state index contributed by atoms with van der Waals surface area (Å²) in [5.74, 6) is -0.971. The van der Waals surface area contributed by atoms with Crippen molar-refractivity contribution in [3.8, 4) is 0 Å². The molecule has 1 unspecified atom stereocenters. The lowest BCUT2D eigenvalue weighted by Crippen LogP contribution is -2.45. The Kier molecular flexibility index (Phi) is 7.82. The van der Waals surface area contributed by atoms with Gasteiger partial charge in [0.05, 0.1) is 5.92 Å². The van der Waals surface area contributed by atoms with Crippen LogP contribution in [-0.4, -0.2) is 47.4 Å². The fourth-order valence-corrected chi connectivity index (χ4v) is 3.59. The molecule has 0 saturated carbocycles. The summed E-state index contributed by atoms with van der Waals surface area (Å²) in [6.07, 6.45) is 3.99. The second-order valence-corrected chi connectivity index (χ2v) is 7.46. The van der Waals surface area contributed by atoms with E-state index in [-0.39, 0.29) is 24.2 Å². The third kappa shape index (κ3) is 6.70. The molecule has 1 aromatic carbocycles. The molecule has 0 bridgehead atoms. The van der Waals surface area contributed by atoms with E-state index < -0.39 is 5.97 Å². The Balaban J connectivity index is 1.81. The van der Waals surface area contributed by atoms with Crippen molar-refractivity contribution in [3.63, 3.8) is 0 Å². The molecule has 1 atom stereocenters. The first-order valence-corrected chi connectivity index (χ1v) is 9.74. The molecule has 0 spiro atoms. The number of amides is 2. The van der Waals surface area contributed by atoms with Gasteiger partial charge in [-0.15, -0.1) is 0 Å². The molecule has 27 heavy (non-hydrogen) atoms. The smallest absolute Gasteiger partial charge is 0.303 e. The maximum atomic E-state index is 12.8. The summed E-state index contributed by atoms with van der Waals surface area (Å²) >= 11 is 0. The Morgan fingerprint density at radius 3 is 2.48 bits per heavy atom. The van der Waals surface area contributed by atoms with Crippen LogP contribution in [0.15, 0.2) is 18.2 Å². The molecule has 6 nitrogen and oxygen atoms in total. The number of nitrogens with one attached hydrogen (secondary N) is 1. The van der Waals surface area contributed by atoms with Gasteiger partial charge in [-0.05, 0) is 51.7 Å². The normalized spacial score (nSPS) is 16.8. The first-order valence-electron chi connectivity index (χ1n) is 9.74. The van der Waals surface area contributed by atoms with E-state index in [1.54, 1.807) is 4.90 Å². The standard InChI is InChI=1S/C21H30N2O4/c1-15-11-16(2)13-18(12-15)21(27)23-10-6-7-17(14-23)20(26)22-9-5-3-4-8-19(24)25/h11-13,17H,3-10,14H2,1-2H3,(H,22,26)(H,24,25). The molecule has 1 saturated heterocycles. The summed E-state index contributed by atoms with van der Waals surface area (Å²) < 4.78 is 0. The molecular weight excluding hydrogens is 344 g/mol. The van der Waals surface area contributed by atoms with Crippen molar-refractivity contribution in [1.29, 1.82) is 0 Å². The molecule has 2 amide bonds. The van der Waals surface area contributed by atoms with Gasteiger partial charge in [-0.25, -0.2) is 0 Å². The van der Waals surface area contributed by atoms with Crippen molar-refractivity contribution in [2.75, 3.05) is 19.6 Å². The van der Waals surface area contributed by atoms with Crippen LogP contribution in [0.5, 0.6) is 0 Å². The van der Waals surface area contributed by atoms with Crippen LogP contribution in [0.25, 0.3) is 0 Å². The monoisotopic (exact) mass is 374 g/mol. The van der Waals surface area contributed by atoms with Crippen molar-refractivity contribution in [3.05, 3.63) is 34.9 Å². The van der Waals surface area contributed by atoms with Gasteiger partial charge in [0.25, 0.3) is 5.91 Å². The van der Waals surface area contributed by atoms with Crippen LogP contribution in [-0.2, 0) is 9.59 Å². The number of hydrogen-bond donors (Lipinski definition) is 2. The van der Waals surface area contributed by atoms with Gasteiger partial charge >= 0.3 is 5.97 Å². The number of likely N-dealkylation sites (tertiary alicyclic amines) is 1. The SMILES string of the molecule is Cc1cc(C)cc(C(=O)N2CCCC(C(=O)NCCCCCC(=O)O)C2)c1. The predicted octanol–water partition coefficient (Wildman–Crippen LogP) is 2.92. The molecule has 6 heteroatoms. The van der Waals surface area contributed by atoms with E-state index in [0.717, 1.165) is 36.8 Å². The molecule has 0 radical (unpaired) electrons. The molecule has 1 aliphatic heterocycles. The van der Waals surface area contributed by atoms with Crippen molar-refractivity contribution in [2.45, 2.75) is 52.4 Å². The van der Waals surface area contributed by atoms with Crippen molar-refractivity contribution >= 4 is 17.8 Å². The molecule has 0 aromatic heterocycles. The van der Waals surface area contributed by atoms with E-state index in [9.17, 15) is 14.4 Å². The number of carboxylic acids is 1. The molecule has 2 N–H and O–H groups in total. The van der Waals surface area contributed by atoms with E-state index in [1.165, 1.54) is 0 Å². The minimum Gasteiger partial charge on any atom is -0.481 e. The number of nitrogens with zero attached hydrogens (tertiary/aromatic N) is 1. The third-order valence-electron chi connectivity index (χ3n) is 4.91. The zero-order valence-corrected chi connectivity index (χ0v) is 16.3. The molecule has 2 rings (SSSR count). The number of hydrogen-bond acceptors (Lipinski definition) is 3. The quantitative estimate of drug-likeness (QED) is 0.685. The highest BCUT2D eigenvalue weighted by molar-refractivity contribution is 5.95. The van der Waals surface area contributed by atoms with Gasteiger partial charge in [-0.1, -0.05) is 23.6 Å². The Bertz CT molecular complexity index is 667. The highest BCUT2D eigenvalue weighted by atomic mass is 16.4. The lowest BCUT2D eigenvalue weighted by molar-refractivity contribution is -0.137. The van der Waals surface area contributed by atoms with Crippen LogP contribution in [0, 0.1) is 19.8 Å². The molecule has 1 aliphatic rings. The number of piperidine rings is 1. The fraction of sp³-hybridized carbons (Fsp3) is 0.571. The molecule has 148 valence electrons. The van der Waals surface area contributed by atoms with Gasteiger partial charge < -0.3 is 15.3 Å². The lowest BCUT2D eigenvalue weighted by Gasteiger charge is -2.32. The van der Waals surface area contributed by atoms with E-state index in [0.29, 0.717) is 31.6 Å². The van der Waals surface area contributed by atoms with Crippen molar-refractivity contribution < 1.29 is 19.5 Å².